The van der Waals surface area contributed by atoms with Gasteiger partial charge in [-0.1, -0.05) is 68.5 Å². The third-order valence-electron chi connectivity index (χ3n) is 8.53. The number of benzene rings is 2. The van der Waals surface area contributed by atoms with Gasteiger partial charge in [0.05, 0.1) is 7.11 Å². The van der Waals surface area contributed by atoms with Gasteiger partial charge in [-0.2, -0.15) is 0 Å². The van der Waals surface area contributed by atoms with Crippen molar-refractivity contribution in [2.24, 2.45) is 28.9 Å². The van der Waals surface area contributed by atoms with Gasteiger partial charge in [0.25, 0.3) is 0 Å². The minimum atomic E-state index is -1.15. The summed E-state index contributed by atoms with van der Waals surface area (Å²) in [5, 5.41) is 13.4. The molecule has 16 nitrogen and oxygen atoms in total. The van der Waals surface area contributed by atoms with Crippen LogP contribution in [0.2, 0.25) is 0 Å². The number of primary amides is 1. The maximum atomic E-state index is 13.8. The Kier molecular flexibility index (Phi) is 20.7. The predicted octanol–water partition coefficient (Wildman–Crippen LogP) is -0.267. The molecule has 0 radical (unpaired) electrons. The number of nitrogens with two attached hydrogens (primary N) is 4. The number of amides is 6. The molecule has 0 aliphatic carbocycles. The number of allylic oxidation sites excluding steroid dienone is 1. The van der Waals surface area contributed by atoms with Crippen LogP contribution < -0.4 is 54.3 Å². The maximum Gasteiger partial charge on any atom is 0.243 e. The highest BCUT2D eigenvalue weighted by Crippen LogP contribution is 2.13. The van der Waals surface area contributed by atoms with E-state index in [1.54, 1.807) is 31.4 Å². The number of carbonyl (C=O) groups is 6. The third-order valence-corrected chi connectivity index (χ3v) is 8.53. The molecule has 2 aromatic rings. The molecule has 302 valence electrons. The molecule has 0 saturated heterocycles. The van der Waals surface area contributed by atoms with Crippen molar-refractivity contribution in [1.29, 1.82) is 0 Å². The monoisotopic (exact) mass is 765 g/mol. The first kappa shape index (κ1) is 45.8. The number of carbonyl (C=O) groups excluding carboxylic acids is 6. The molecule has 5 atom stereocenters. The Bertz CT molecular complexity index is 1550. The number of hydrogen-bond donors (Lipinski definition) is 9. The van der Waals surface area contributed by atoms with Crippen LogP contribution in [0.3, 0.4) is 0 Å². The van der Waals surface area contributed by atoms with Gasteiger partial charge in [0.1, 0.15) is 36.0 Å². The predicted molar refractivity (Wildman–Crippen MR) is 211 cm³/mol. The lowest BCUT2D eigenvalue weighted by Gasteiger charge is -2.27. The third kappa shape index (κ3) is 17.1. The van der Waals surface area contributed by atoms with Crippen molar-refractivity contribution in [1.82, 2.24) is 26.6 Å². The summed E-state index contributed by atoms with van der Waals surface area (Å²) in [4.78, 5) is 79.1. The molecular formula is C39H59N9O7. The molecule has 6 amide bonds. The number of methoxy groups -OCH3 is 1. The lowest BCUT2D eigenvalue weighted by atomic mass is 10.00. The van der Waals surface area contributed by atoms with Crippen molar-refractivity contribution in [3.8, 4) is 5.75 Å². The van der Waals surface area contributed by atoms with Crippen LogP contribution in [0.5, 0.6) is 5.75 Å². The van der Waals surface area contributed by atoms with Crippen LogP contribution in [0.1, 0.15) is 63.5 Å². The second-order valence-corrected chi connectivity index (χ2v) is 13.5. The van der Waals surface area contributed by atoms with Crippen LogP contribution in [0.4, 0.5) is 0 Å². The van der Waals surface area contributed by atoms with E-state index in [1.165, 1.54) is 0 Å². The smallest absolute Gasteiger partial charge is 0.243 e. The molecule has 0 bridgehead atoms. The van der Waals surface area contributed by atoms with Crippen molar-refractivity contribution < 1.29 is 33.5 Å². The lowest BCUT2D eigenvalue weighted by molar-refractivity contribution is -0.135. The second kappa shape index (κ2) is 24.9. The minimum Gasteiger partial charge on any atom is -0.497 e. The highest BCUT2D eigenvalue weighted by Gasteiger charge is 2.32. The van der Waals surface area contributed by atoms with E-state index in [9.17, 15) is 28.8 Å². The van der Waals surface area contributed by atoms with E-state index in [4.69, 9.17) is 27.7 Å². The van der Waals surface area contributed by atoms with Crippen molar-refractivity contribution >= 4 is 41.5 Å². The molecule has 55 heavy (non-hydrogen) atoms. The van der Waals surface area contributed by atoms with Crippen LogP contribution >= 0.6 is 0 Å². The molecule has 16 heteroatoms. The zero-order valence-electron chi connectivity index (χ0n) is 32.1. The largest absolute Gasteiger partial charge is 0.497 e. The maximum absolute atomic E-state index is 13.8. The molecule has 0 aliphatic rings. The molecular weight excluding hydrogens is 706 g/mol. The highest BCUT2D eigenvalue weighted by atomic mass is 16.5. The quantitative estimate of drug-likeness (QED) is 0.0639. The normalized spacial score (nSPS) is 13.9. The average molecular weight is 766 g/mol. The van der Waals surface area contributed by atoms with Gasteiger partial charge in [0, 0.05) is 12.8 Å². The summed E-state index contributed by atoms with van der Waals surface area (Å²) in [5.74, 6) is -3.10. The fraction of sp³-hybridized carbons (Fsp3) is 0.487. The molecule has 0 spiro atoms. The molecule has 0 aromatic heterocycles. The van der Waals surface area contributed by atoms with Crippen molar-refractivity contribution in [3.05, 3.63) is 71.8 Å². The summed E-state index contributed by atoms with van der Waals surface area (Å²) >= 11 is 0. The van der Waals surface area contributed by atoms with E-state index in [0.29, 0.717) is 6.42 Å². The standard InChI is InChI=1S/C39H59N9O7/c1-25(2)23-32(38(53)48-33(24-27-10-5-4-6-11-27)39(54)45-29(17-20-40)35(43)50)47-37(52)31(19-22-42)46-36(51)30(18-21-41)44-34(49)12-8-7-9-26-13-15-28(55-3)16-14-26/h4-7,9-11,13-16,25,29-33H,8,12,17-24,40-42H2,1-3H3,(H2,43,50)(H,44,49)(H,45,54)(H,46,51)(H,47,52)(H,48,53)/b9-7+/t29-,30+,31-,32-,33+/m0/s1. The zero-order valence-corrected chi connectivity index (χ0v) is 32.1. The van der Waals surface area contributed by atoms with Gasteiger partial charge in [0.2, 0.25) is 35.4 Å². The second-order valence-electron chi connectivity index (χ2n) is 13.5. The van der Waals surface area contributed by atoms with Gasteiger partial charge in [-0.25, -0.2) is 0 Å². The first-order chi connectivity index (χ1) is 26.3. The average Bonchev–Trinajstić information content (AvgIpc) is 3.15. The molecule has 2 rings (SSSR count). The summed E-state index contributed by atoms with van der Waals surface area (Å²) in [6.45, 7) is 3.93. The van der Waals surface area contributed by atoms with E-state index in [1.807, 2.05) is 56.3 Å². The van der Waals surface area contributed by atoms with Gasteiger partial charge in [-0.15, -0.1) is 0 Å². The highest BCUT2D eigenvalue weighted by molar-refractivity contribution is 5.96. The van der Waals surface area contributed by atoms with Crippen LogP contribution in [0.25, 0.3) is 6.08 Å². The van der Waals surface area contributed by atoms with Gasteiger partial charge in [-0.05, 0) is 80.9 Å². The van der Waals surface area contributed by atoms with Crippen LogP contribution in [0, 0.1) is 5.92 Å². The Morgan fingerprint density at radius 2 is 1.15 bits per heavy atom. The number of hydrogen-bond acceptors (Lipinski definition) is 10. The molecule has 13 N–H and O–H groups in total. The first-order valence-electron chi connectivity index (χ1n) is 18.6. The lowest BCUT2D eigenvalue weighted by Crippen LogP contribution is -2.60. The van der Waals surface area contributed by atoms with Crippen molar-refractivity contribution in [2.75, 3.05) is 26.7 Å². The Labute approximate surface area is 323 Å². The number of ether oxygens (including phenoxy) is 1. The first-order valence-corrected chi connectivity index (χ1v) is 18.6. The van der Waals surface area contributed by atoms with E-state index in [-0.39, 0.29) is 70.0 Å². The van der Waals surface area contributed by atoms with Gasteiger partial charge in [0.15, 0.2) is 0 Å². The molecule has 0 saturated carbocycles. The fourth-order valence-electron chi connectivity index (χ4n) is 5.59. The Hall–Kier alpha value is -5.32. The van der Waals surface area contributed by atoms with Crippen molar-refractivity contribution in [3.63, 3.8) is 0 Å². The molecule has 0 fully saturated rings. The zero-order chi connectivity index (χ0) is 40.8. The summed E-state index contributed by atoms with van der Waals surface area (Å²) in [5.41, 5.74) is 24.3. The van der Waals surface area contributed by atoms with E-state index < -0.39 is 59.7 Å². The summed E-state index contributed by atoms with van der Waals surface area (Å²) in [6.07, 6.45) is 4.76. The van der Waals surface area contributed by atoms with E-state index >= 15 is 0 Å². The van der Waals surface area contributed by atoms with Crippen molar-refractivity contribution in [2.45, 2.75) is 89.0 Å². The summed E-state index contributed by atoms with van der Waals surface area (Å²) in [7, 11) is 1.59. The fourth-order valence-corrected chi connectivity index (χ4v) is 5.59. The Morgan fingerprint density at radius 3 is 1.69 bits per heavy atom. The summed E-state index contributed by atoms with van der Waals surface area (Å²) in [6, 6.07) is 10.9. The van der Waals surface area contributed by atoms with Crippen LogP contribution in [-0.2, 0) is 35.2 Å². The van der Waals surface area contributed by atoms with E-state index in [2.05, 4.69) is 26.6 Å². The Morgan fingerprint density at radius 1 is 0.655 bits per heavy atom. The van der Waals surface area contributed by atoms with Gasteiger partial charge in [-0.3, -0.25) is 28.8 Å². The van der Waals surface area contributed by atoms with Crippen LogP contribution in [-0.4, -0.2) is 92.4 Å². The van der Waals surface area contributed by atoms with Gasteiger partial charge >= 0.3 is 0 Å². The Balaban J connectivity index is 2.15. The topological polar surface area (TPSA) is 276 Å². The molecule has 2 aromatic carbocycles. The molecule has 0 unspecified atom stereocenters. The molecule has 0 heterocycles. The van der Waals surface area contributed by atoms with E-state index in [0.717, 1.165) is 16.9 Å². The number of rotatable bonds is 25. The minimum absolute atomic E-state index is 0.0248. The summed E-state index contributed by atoms with van der Waals surface area (Å²) < 4.78 is 5.16. The SMILES string of the molecule is COc1ccc(/C=C/CCC(=O)N[C@H](CCN)C(=O)N[C@@H](CCN)C(=O)N[C@@H](CC(C)C)C(=O)N[C@H](Cc2ccccc2)C(=O)N[C@@H](CCN)C(N)=O)cc1. The molecule has 0 aliphatic heterocycles. The van der Waals surface area contributed by atoms with Gasteiger partial charge < -0.3 is 54.3 Å². The van der Waals surface area contributed by atoms with Crippen LogP contribution in [0.15, 0.2) is 60.7 Å². The number of nitrogens with one attached hydrogen (secondary N) is 5.